The van der Waals surface area contributed by atoms with E-state index in [4.69, 9.17) is 0 Å². The summed E-state index contributed by atoms with van der Waals surface area (Å²) >= 11 is 0. The van der Waals surface area contributed by atoms with Crippen LogP contribution in [0.15, 0.2) is 35.1 Å². The number of aliphatic hydroxyl groups is 1. The molecule has 0 saturated carbocycles. The molecule has 1 heterocycles. The smallest absolute Gasteiger partial charge is 0.323 e. The zero-order valence-electron chi connectivity index (χ0n) is 12.3. The topological polar surface area (TPSA) is 68.9 Å². The van der Waals surface area contributed by atoms with Crippen molar-refractivity contribution >= 4 is 11.0 Å². The molecule has 3 N–H and O–H groups in total. The molecule has 0 aliphatic carbocycles. The van der Waals surface area contributed by atoms with Crippen LogP contribution in [0.1, 0.15) is 33.9 Å². The number of fused-ring (bicyclic) bond motifs is 1. The van der Waals surface area contributed by atoms with Gasteiger partial charge in [0.15, 0.2) is 0 Å². The maximum atomic E-state index is 11.3. The van der Waals surface area contributed by atoms with Gasteiger partial charge < -0.3 is 15.1 Å². The number of benzene rings is 2. The molecule has 3 aromatic rings. The Bertz CT molecular complexity index is 851. The highest BCUT2D eigenvalue weighted by molar-refractivity contribution is 5.75. The first-order chi connectivity index (χ1) is 9.95. The molecule has 0 spiro atoms. The highest BCUT2D eigenvalue weighted by Crippen LogP contribution is 2.29. The van der Waals surface area contributed by atoms with Crippen molar-refractivity contribution in [3.63, 3.8) is 0 Å². The first-order valence-corrected chi connectivity index (χ1v) is 6.93. The quantitative estimate of drug-likeness (QED) is 0.676. The Balaban J connectivity index is 2.11. The van der Waals surface area contributed by atoms with Gasteiger partial charge in [-0.1, -0.05) is 23.8 Å². The molecule has 0 aliphatic heterocycles. The summed E-state index contributed by atoms with van der Waals surface area (Å²) in [6.45, 7) is 6.07. The lowest BCUT2D eigenvalue weighted by molar-refractivity contribution is 0.219. The van der Waals surface area contributed by atoms with Crippen LogP contribution in [0.3, 0.4) is 0 Å². The molecule has 0 fully saturated rings. The molecule has 0 saturated heterocycles. The van der Waals surface area contributed by atoms with Gasteiger partial charge in [-0.2, -0.15) is 0 Å². The number of aryl methyl sites for hydroxylation is 3. The van der Waals surface area contributed by atoms with E-state index >= 15 is 0 Å². The number of nitrogens with one attached hydrogen (secondary N) is 2. The van der Waals surface area contributed by atoms with Crippen LogP contribution in [0.5, 0.6) is 0 Å². The van der Waals surface area contributed by atoms with E-state index in [1.807, 2.05) is 39.0 Å². The minimum Gasteiger partial charge on any atom is -0.384 e. The number of aliphatic hydroxyl groups excluding tert-OH is 1. The molecule has 3 rings (SSSR count). The van der Waals surface area contributed by atoms with Crippen molar-refractivity contribution in [3.8, 4) is 0 Å². The third-order valence-corrected chi connectivity index (χ3v) is 3.87. The number of aromatic amines is 2. The van der Waals surface area contributed by atoms with Crippen LogP contribution < -0.4 is 5.69 Å². The van der Waals surface area contributed by atoms with Crippen molar-refractivity contribution in [2.75, 3.05) is 0 Å². The average Bonchev–Trinajstić information content (AvgIpc) is 2.76. The lowest BCUT2D eigenvalue weighted by Gasteiger charge is -2.18. The second-order valence-corrected chi connectivity index (χ2v) is 5.60. The summed E-state index contributed by atoms with van der Waals surface area (Å²) in [5.41, 5.74) is 6.24. The van der Waals surface area contributed by atoms with Gasteiger partial charge in [0.25, 0.3) is 0 Å². The molecule has 1 atom stereocenters. The molecular formula is C17H18N2O2. The fourth-order valence-electron chi connectivity index (χ4n) is 3.01. The zero-order chi connectivity index (χ0) is 15.1. The Labute approximate surface area is 122 Å². The van der Waals surface area contributed by atoms with Crippen molar-refractivity contribution in [1.29, 1.82) is 0 Å². The van der Waals surface area contributed by atoms with Crippen LogP contribution in [0.4, 0.5) is 0 Å². The number of aromatic nitrogens is 2. The molecular weight excluding hydrogens is 264 g/mol. The molecule has 0 radical (unpaired) electrons. The molecule has 108 valence electrons. The van der Waals surface area contributed by atoms with E-state index < -0.39 is 6.10 Å². The Morgan fingerprint density at radius 1 is 0.952 bits per heavy atom. The zero-order valence-corrected chi connectivity index (χ0v) is 12.3. The van der Waals surface area contributed by atoms with Gasteiger partial charge in [-0.25, -0.2) is 4.79 Å². The van der Waals surface area contributed by atoms with Crippen LogP contribution in [0, 0.1) is 20.8 Å². The molecule has 0 aliphatic rings. The molecule has 0 bridgehead atoms. The number of rotatable bonds is 2. The highest BCUT2D eigenvalue weighted by atomic mass is 16.3. The van der Waals surface area contributed by atoms with Crippen molar-refractivity contribution in [2.24, 2.45) is 0 Å². The van der Waals surface area contributed by atoms with Gasteiger partial charge in [-0.05, 0) is 55.2 Å². The van der Waals surface area contributed by atoms with E-state index in [-0.39, 0.29) is 5.69 Å². The van der Waals surface area contributed by atoms with E-state index in [1.165, 1.54) is 5.56 Å². The van der Waals surface area contributed by atoms with Crippen LogP contribution in [-0.2, 0) is 0 Å². The standard InChI is InChI=1S/C17H18N2O2/c1-9-6-10(2)15(11(3)7-9)16(20)12-4-5-13-14(8-12)19-17(21)18-13/h4-8,16,20H,1-3H3,(H2,18,19,21). The predicted octanol–water partition coefficient (Wildman–Crippen LogP) is 2.86. The van der Waals surface area contributed by atoms with E-state index in [9.17, 15) is 9.90 Å². The van der Waals surface area contributed by atoms with E-state index in [1.54, 1.807) is 0 Å². The summed E-state index contributed by atoms with van der Waals surface area (Å²) < 4.78 is 0. The number of hydrogen-bond acceptors (Lipinski definition) is 2. The van der Waals surface area contributed by atoms with Gasteiger partial charge in [0.1, 0.15) is 6.10 Å². The van der Waals surface area contributed by atoms with Crippen molar-refractivity contribution in [3.05, 3.63) is 68.6 Å². The van der Waals surface area contributed by atoms with Crippen LogP contribution in [0.25, 0.3) is 11.0 Å². The Morgan fingerprint density at radius 3 is 2.24 bits per heavy atom. The van der Waals surface area contributed by atoms with Crippen LogP contribution in [-0.4, -0.2) is 15.1 Å². The maximum absolute atomic E-state index is 11.3. The van der Waals surface area contributed by atoms with Gasteiger partial charge in [0, 0.05) is 0 Å². The van der Waals surface area contributed by atoms with E-state index in [2.05, 4.69) is 22.1 Å². The number of hydrogen-bond donors (Lipinski definition) is 3. The minimum atomic E-state index is -0.701. The minimum absolute atomic E-state index is 0.237. The first-order valence-electron chi connectivity index (χ1n) is 6.93. The molecule has 4 heteroatoms. The lowest BCUT2D eigenvalue weighted by atomic mass is 9.92. The van der Waals surface area contributed by atoms with Gasteiger partial charge in [0.2, 0.25) is 0 Å². The van der Waals surface area contributed by atoms with Gasteiger partial charge in [0.05, 0.1) is 11.0 Å². The molecule has 1 unspecified atom stereocenters. The van der Waals surface area contributed by atoms with Gasteiger partial charge >= 0.3 is 5.69 Å². The third kappa shape index (κ3) is 2.38. The second kappa shape index (κ2) is 4.90. The predicted molar refractivity (Wildman–Crippen MR) is 83.6 cm³/mol. The first kappa shape index (κ1) is 13.6. The van der Waals surface area contributed by atoms with Crippen molar-refractivity contribution in [1.82, 2.24) is 9.97 Å². The molecule has 2 aromatic carbocycles. The van der Waals surface area contributed by atoms with E-state index in [0.717, 1.165) is 27.8 Å². The van der Waals surface area contributed by atoms with Crippen LogP contribution in [0.2, 0.25) is 0 Å². The van der Waals surface area contributed by atoms with Crippen molar-refractivity contribution in [2.45, 2.75) is 26.9 Å². The average molecular weight is 282 g/mol. The summed E-state index contributed by atoms with van der Waals surface area (Å²) in [6.07, 6.45) is -0.701. The lowest BCUT2D eigenvalue weighted by Crippen LogP contribution is -2.05. The normalized spacial score (nSPS) is 12.8. The number of imidazole rings is 1. The molecule has 21 heavy (non-hydrogen) atoms. The summed E-state index contributed by atoms with van der Waals surface area (Å²) in [4.78, 5) is 16.7. The third-order valence-electron chi connectivity index (χ3n) is 3.87. The van der Waals surface area contributed by atoms with Gasteiger partial charge in [-0.3, -0.25) is 0 Å². The summed E-state index contributed by atoms with van der Waals surface area (Å²) in [5.74, 6) is 0. The van der Waals surface area contributed by atoms with Crippen LogP contribution >= 0.6 is 0 Å². The highest BCUT2D eigenvalue weighted by Gasteiger charge is 2.16. The molecule has 4 nitrogen and oxygen atoms in total. The van der Waals surface area contributed by atoms with E-state index in [0.29, 0.717) is 5.52 Å². The summed E-state index contributed by atoms with van der Waals surface area (Å²) in [6, 6.07) is 9.61. The van der Waals surface area contributed by atoms with Gasteiger partial charge in [-0.15, -0.1) is 0 Å². The Hall–Kier alpha value is -2.33. The fourth-order valence-corrected chi connectivity index (χ4v) is 3.01. The Morgan fingerprint density at radius 2 is 1.57 bits per heavy atom. The van der Waals surface area contributed by atoms with Crippen molar-refractivity contribution < 1.29 is 5.11 Å². The number of H-pyrrole nitrogens is 2. The summed E-state index contributed by atoms with van der Waals surface area (Å²) in [7, 11) is 0. The summed E-state index contributed by atoms with van der Waals surface area (Å²) in [5, 5.41) is 10.7. The molecule has 1 aromatic heterocycles. The molecule has 0 amide bonds. The largest absolute Gasteiger partial charge is 0.384 e. The second-order valence-electron chi connectivity index (χ2n) is 5.60. The monoisotopic (exact) mass is 282 g/mol. The Kier molecular flexibility index (Phi) is 3.18. The fraction of sp³-hybridized carbons (Fsp3) is 0.235. The SMILES string of the molecule is Cc1cc(C)c(C(O)c2ccc3[nH]c(=O)[nH]c3c2)c(C)c1. The maximum Gasteiger partial charge on any atom is 0.323 e.